The number of halogens is 2. The fourth-order valence-corrected chi connectivity index (χ4v) is 3.72. The monoisotopic (exact) mass is 358 g/mol. The number of nitrogens with zero attached hydrogens (tertiary/aromatic N) is 1. The summed E-state index contributed by atoms with van der Waals surface area (Å²) in [5, 5.41) is 4.28. The number of benzene rings is 1. The van der Waals surface area contributed by atoms with Crippen molar-refractivity contribution >= 4 is 50.2 Å². The van der Waals surface area contributed by atoms with E-state index in [1.165, 1.54) is 4.88 Å². The molecule has 0 amide bonds. The molecule has 19 heavy (non-hydrogen) atoms. The van der Waals surface area contributed by atoms with E-state index in [4.69, 9.17) is 11.6 Å². The number of nitrogens with one attached hydrogen (secondary N) is 1. The summed E-state index contributed by atoms with van der Waals surface area (Å²) in [6, 6.07) is 10.4. The highest BCUT2D eigenvalue weighted by Gasteiger charge is 2.13. The molecular weight excluding hydrogens is 344 g/mol. The second-order valence-electron chi connectivity index (χ2n) is 4.54. The van der Waals surface area contributed by atoms with Crippen LogP contribution in [0.2, 0.25) is 5.02 Å². The van der Waals surface area contributed by atoms with Gasteiger partial charge in [0.05, 0.1) is 26.2 Å². The number of para-hydroxylation sites is 1. The molecule has 0 aliphatic heterocycles. The third-order valence-electron chi connectivity index (χ3n) is 2.83. The zero-order valence-electron chi connectivity index (χ0n) is 11.1. The van der Waals surface area contributed by atoms with Gasteiger partial charge in [0, 0.05) is 19.0 Å². The first-order valence-electron chi connectivity index (χ1n) is 5.96. The van der Waals surface area contributed by atoms with Crippen molar-refractivity contribution in [3.05, 3.63) is 44.0 Å². The topological polar surface area (TPSA) is 15.3 Å². The summed E-state index contributed by atoms with van der Waals surface area (Å²) in [6.45, 7) is 2.15. The second kappa shape index (κ2) is 6.16. The van der Waals surface area contributed by atoms with Gasteiger partial charge in [-0.2, -0.15) is 0 Å². The smallest absolute Gasteiger partial charge is 0.0786 e. The zero-order valence-corrected chi connectivity index (χ0v) is 14.2. The fourth-order valence-electron chi connectivity index (χ4n) is 1.95. The number of thiophene rings is 1. The van der Waals surface area contributed by atoms with Crippen molar-refractivity contribution in [2.24, 2.45) is 0 Å². The third-order valence-corrected chi connectivity index (χ3v) is 4.94. The summed E-state index contributed by atoms with van der Waals surface area (Å²) >= 11 is 11.5. The van der Waals surface area contributed by atoms with Crippen LogP contribution in [0.15, 0.2) is 34.1 Å². The fraction of sp³-hybridized carbons (Fsp3) is 0.286. The van der Waals surface area contributed by atoms with Crippen LogP contribution in [0.1, 0.15) is 17.8 Å². The van der Waals surface area contributed by atoms with E-state index in [0.717, 1.165) is 20.2 Å². The largest absolute Gasteiger partial charge is 0.376 e. The molecule has 2 aromatic rings. The van der Waals surface area contributed by atoms with Gasteiger partial charge < -0.3 is 10.2 Å². The van der Waals surface area contributed by atoms with Gasteiger partial charge in [0.25, 0.3) is 0 Å². The number of hydrogen-bond acceptors (Lipinski definition) is 3. The van der Waals surface area contributed by atoms with Gasteiger partial charge in [-0.3, -0.25) is 0 Å². The molecular formula is C14H16BrClN2S. The molecule has 0 bridgehead atoms. The Hall–Kier alpha value is -0.710. The van der Waals surface area contributed by atoms with E-state index in [1.54, 1.807) is 11.3 Å². The molecule has 1 heterocycles. The molecule has 2 rings (SSSR count). The van der Waals surface area contributed by atoms with Crippen LogP contribution in [0.5, 0.6) is 0 Å². The third kappa shape index (κ3) is 3.44. The van der Waals surface area contributed by atoms with Gasteiger partial charge >= 0.3 is 0 Å². The minimum Gasteiger partial charge on any atom is -0.376 e. The maximum Gasteiger partial charge on any atom is 0.0786 e. The van der Waals surface area contributed by atoms with Crippen molar-refractivity contribution in [2.45, 2.75) is 13.0 Å². The summed E-state index contributed by atoms with van der Waals surface area (Å²) in [4.78, 5) is 3.32. The van der Waals surface area contributed by atoms with Crippen LogP contribution < -0.4 is 10.2 Å². The van der Waals surface area contributed by atoms with Crippen molar-refractivity contribution < 1.29 is 0 Å². The molecule has 1 aromatic carbocycles. The Morgan fingerprint density at radius 2 is 2.00 bits per heavy atom. The number of anilines is 2. The molecule has 102 valence electrons. The van der Waals surface area contributed by atoms with E-state index in [2.05, 4.69) is 46.4 Å². The highest BCUT2D eigenvalue weighted by atomic mass is 79.9. The summed E-state index contributed by atoms with van der Waals surface area (Å²) in [5.41, 5.74) is 2.07. The molecule has 1 unspecified atom stereocenters. The van der Waals surface area contributed by atoms with Crippen LogP contribution in [-0.2, 0) is 0 Å². The predicted octanol–water partition coefficient (Wildman–Crippen LogP) is 5.40. The van der Waals surface area contributed by atoms with Crippen LogP contribution in [0.25, 0.3) is 0 Å². The highest BCUT2D eigenvalue weighted by Crippen LogP contribution is 2.36. The predicted molar refractivity (Wildman–Crippen MR) is 89.8 cm³/mol. The van der Waals surface area contributed by atoms with Crippen LogP contribution in [-0.4, -0.2) is 14.1 Å². The minimum absolute atomic E-state index is 0.244. The van der Waals surface area contributed by atoms with Crippen LogP contribution in [0, 0.1) is 0 Å². The SMILES string of the molecule is CC(Nc1cccc(Cl)c1N(C)C)c1ccc(Br)s1. The maximum atomic E-state index is 6.27. The van der Waals surface area contributed by atoms with Gasteiger partial charge in [0.15, 0.2) is 0 Å². The van der Waals surface area contributed by atoms with E-state index in [-0.39, 0.29) is 6.04 Å². The summed E-state index contributed by atoms with van der Waals surface area (Å²) < 4.78 is 1.15. The van der Waals surface area contributed by atoms with Crippen molar-refractivity contribution in [1.82, 2.24) is 0 Å². The molecule has 5 heteroatoms. The van der Waals surface area contributed by atoms with E-state index >= 15 is 0 Å². The van der Waals surface area contributed by atoms with Crippen molar-refractivity contribution in [2.75, 3.05) is 24.3 Å². The Kier molecular flexibility index (Phi) is 4.76. The summed E-state index contributed by atoms with van der Waals surface area (Å²) in [7, 11) is 4.00. The van der Waals surface area contributed by atoms with Gasteiger partial charge in [-0.1, -0.05) is 17.7 Å². The lowest BCUT2D eigenvalue weighted by Crippen LogP contribution is -2.14. The van der Waals surface area contributed by atoms with Gasteiger partial charge in [-0.05, 0) is 47.1 Å². The van der Waals surface area contributed by atoms with Crippen molar-refractivity contribution in [3.63, 3.8) is 0 Å². The van der Waals surface area contributed by atoms with Crippen LogP contribution >= 0.6 is 38.9 Å². The number of hydrogen-bond donors (Lipinski definition) is 1. The van der Waals surface area contributed by atoms with E-state index < -0.39 is 0 Å². The molecule has 0 radical (unpaired) electrons. The normalized spacial score (nSPS) is 12.3. The molecule has 0 spiro atoms. The highest BCUT2D eigenvalue weighted by molar-refractivity contribution is 9.11. The Morgan fingerprint density at radius 1 is 1.26 bits per heavy atom. The van der Waals surface area contributed by atoms with Gasteiger partial charge in [0.2, 0.25) is 0 Å². The lowest BCUT2D eigenvalue weighted by atomic mass is 10.2. The first-order valence-corrected chi connectivity index (χ1v) is 7.95. The minimum atomic E-state index is 0.244. The van der Waals surface area contributed by atoms with Crippen molar-refractivity contribution in [1.29, 1.82) is 0 Å². The average Bonchev–Trinajstić information content (AvgIpc) is 2.75. The maximum absolute atomic E-state index is 6.27. The molecule has 1 N–H and O–H groups in total. The average molecular weight is 360 g/mol. The van der Waals surface area contributed by atoms with E-state index in [0.29, 0.717) is 0 Å². The van der Waals surface area contributed by atoms with Crippen LogP contribution in [0.3, 0.4) is 0 Å². The van der Waals surface area contributed by atoms with Crippen LogP contribution in [0.4, 0.5) is 11.4 Å². The number of rotatable bonds is 4. The first-order chi connectivity index (χ1) is 8.99. The Balaban J connectivity index is 2.26. The van der Waals surface area contributed by atoms with Gasteiger partial charge in [-0.15, -0.1) is 11.3 Å². The molecule has 1 atom stereocenters. The summed E-state index contributed by atoms with van der Waals surface area (Å²) in [5.74, 6) is 0. The molecule has 0 aliphatic carbocycles. The zero-order chi connectivity index (χ0) is 14.0. The Labute approximate surface area is 131 Å². The molecule has 0 saturated heterocycles. The molecule has 0 fully saturated rings. The first kappa shape index (κ1) is 14.7. The standard InChI is InChI=1S/C14H16BrClN2S/c1-9(12-7-8-13(15)19-12)17-11-6-4-5-10(16)14(11)18(2)3/h4-9,17H,1-3H3. The quantitative estimate of drug-likeness (QED) is 0.786. The molecule has 0 saturated carbocycles. The Morgan fingerprint density at radius 3 is 2.58 bits per heavy atom. The molecule has 2 nitrogen and oxygen atoms in total. The summed E-state index contributed by atoms with van der Waals surface area (Å²) in [6.07, 6.45) is 0. The molecule has 0 aliphatic rings. The van der Waals surface area contributed by atoms with Gasteiger partial charge in [-0.25, -0.2) is 0 Å². The molecule has 1 aromatic heterocycles. The Bertz CT molecular complexity index is 568. The lowest BCUT2D eigenvalue weighted by molar-refractivity contribution is 0.906. The lowest BCUT2D eigenvalue weighted by Gasteiger charge is -2.22. The van der Waals surface area contributed by atoms with E-state index in [1.807, 2.05) is 31.1 Å². The van der Waals surface area contributed by atoms with E-state index in [9.17, 15) is 0 Å². The van der Waals surface area contributed by atoms with Gasteiger partial charge in [0.1, 0.15) is 0 Å². The second-order valence-corrected chi connectivity index (χ2v) is 7.44. The van der Waals surface area contributed by atoms with Crippen molar-refractivity contribution in [3.8, 4) is 0 Å².